The molecule has 0 amide bonds. The quantitative estimate of drug-likeness (QED) is 0.0250. The molecule has 0 bridgehead atoms. The van der Waals surface area contributed by atoms with Gasteiger partial charge in [0.05, 0.1) is 43.9 Å². The van der Waals surface area contributed by atoms with E-state index >= 15 is 0 Å². The number of unbranched alkanes of at least 4 members (excludes halogenated alkanes) is 39. The van der Waals surface area contributed by atoms with Crippen molar-refractivity contribution in [2.24, 2.45) is 0 Å². The van der Waals surface area contributed by atoms with Gasteiger partial charge in [-0.3, -0.25) is 0 Å². The fourth-order valence-corrected chi connectivity index (χ4v) is 10.8. The third kappa shape index (κ3) is 33.6. The van der Waals surface area contributed by atoms with E-state index in [9.17, 15) is 9.90 Å². The van der Waals surface area contributed by atoms with Crippen LogP contribution in [0.5, 0.6) is 28.7 Å². The highest BCUT2D eigenvalue weighted by Gasteiger charge is 2.21. The first-order valence-corrected chi connectivity index (χ1v) is 34.3. The molecular formula is C72H117N3O8. The van der Waals surface area contributed by atoms with Crippen molar-refractivity contribution in [1.29, 1.82) is 0 Å². The fourth-order valence-electron chi connectivity index (χ4n) is 10.8. The summed E-state index contributed by atoms with van der Waals surface area (Å²) in [5, 5.41) is 27.5. The summed E-state index contributed by atoms with van der Waals surface area (Å²) >= 11 is 0. The lowest BCUT2D eigenvalue weighted by molar-refractivity contribution is 0.0536. The van der Waals surface area contributed by atoms with E-state index in [1.165, 1.54) is 231 Å². The molecule has 0 aliphatic rings. The monoisotopic (exact) mass is 1150 g/mol. The predicted octanol–water partition coefficient (Wildman–Crippen LogP) is 20.5. The molecule has 468 valence electrons. The molecule has 0 fully saturated rings. The van der Waals surface area contributed by atoms with E-state index in [0.717, 1.165) is 49.8 Å². The van der Waals surface area contributed by atoms with Gasteiger partial charge < -0.3 is 33.9 Å². The highest BCUT2D eigenvalue weighted by atomic mass is 16.5. The van der Waals surface area contributed by atoms with E-state index in [1.807, 2.05) is 30.5 Å². The summed E-state index contributed by atoms with van der Waals surface area (Å²) in [6, 6.07) is 18.1. The molecule has 0 aliphatic heterocycles. The van der Waals surface area contributed by atoms with Gasteiger partial charge in [-0.2, -0.15) is 0 Å². The Kier molecular flexibility index (Phi) is 41.5. The molecule has 83 heavy (non-hydrogen) atoms. The lowest BCUT2D eigenvalue weighted by Gasteiger charge is -2.19. The van der Waals surface area contributed by atoms with E-state index in [4.69, 9.17) is 28.8 Å². The smallest absolute Gasteiger partial charge is 0.343 e. The average molecular weight is 1150 g/mol. The Morgan fingerprint density at radius 1 is 0.446 bits per heavy atom. The van der Waals surface area contributed by atoms with E-state index in [-0.39, 0.29) is 13.2 Å². The van der Waals surface area contributed by atoms with Crippen LogP contribution in [0.15, 0.2) is 66.9 Å². The molecule has 0 aliphatic carbocycles. The zero-order chi connectivity index (χ0) is 58.9. The predicted molar refractivity (Wildman–Crippen MR) is 344 cm³/mol. The normalized spacial score (nSPS) is 11.8. The van der Waals surface area contributed by atoms with E-state index < -0.39 is 12.1 Å². The minimum absolute atomic E-state index is 0.00225. The molecule has 4 rings (SSSR count). The summed E-state index contributed by atoms with van der Waals surface area (Å²) in [7, 11) is 0. The Morgan fingerprint density at radius 2 is 0.795 bits per heavy atom. The van der Waals surface area contributed by atoms with Gasteiger partial charge in [0, 0.05) is 5.56 Å². The summed E-state index contributed by atoms with van der Waals surface area (Å²) in [6.07, 6.45) is 55.3. The molecular weight excluding hydrogens is 1030 g/mol. The van der Waals surface area contributed by atoms with Crippen LogP contribution in [0, 0.1) is 0 Å². The number of esters is 1. The Labute approximate surface area is 505 Å². The molecule has 4 aromatic rings. The second-order valence-electron chi connectivity index (χ2n) is 23.7. The molecule has 1 atom stereocenters. The molecule has 11 heteroatoms. The van der Waals surface area contributed by atoms with Gasteiger partial charge in [-0.05, 0) is 79.9 Å². The number of nitrogens with zero attached hydrogens (tertiary/aromatic N) is 3. The van der Waals surface area contributed by atoms with Crippen LogP contribution in [0.2, 0.25) is 0 Å². The first-order chi connectivity index (χ1) is 40.9. The number of aromatic nitrogens is 3. The minimum atomic E-state index is -0.939. The van der Waals surface area contributed by atoms with Crippen LogP contribution >= 0.6 is 0 Å². The number of carbonyl (C=O) groups is 1. The number of aliphatic hydroxyl groups excluding tert-OH is 2. The molecule has 0 radical (unpaired) electrons. The molecule has 1 heterocycles. The van der Waals surface area contributed by atoms with Crippen LogP contribution in [0.1, 0.15) is 301 Å². The number of hydrogen-bond donors (Lipinski definition) is 2. The number of aliphatic hydroxyl groups is 2. The molecule has 0 saturated heterocycles. The second kappa shape index (κ2) is 48.6. The maximum Gasteiger partial charge on any atom is 0.343 e. The number of rotatable bonds is 56. The number of ether oxygens (including phenoxy) is 5. The van der Waals surface area contributed by atoms with Crippen LogP contribution in [0.4, 0.5) is 0 Å². The molecule has 0 spiro atoms. The van der Waals surface area contributed by atoms with Gasteiger partial charge >= 0.3 is 5.97 Å². The summed E-state index contributed by atoms with van der Waals surface area (Å²) < 4.78 is 33.1. The average Bonchev–Trinajstić information content (AvgIpc) is 4.26. The van der Waals surface area contributed by atoms with Crippen molar-refractivity contribution in [2.75, 3.05) is 33.0 Å². The van der Waals surface area contributed by atoms with E-state index in [2.05, 4.69) is 31.1 Å². The van der Waals surface area contributed by atoms with Gasteiger partial charge in [-0.25, -0.2) is 9.48 Å². The topological polar surface area (TPSA) is 134 Å². The van der Waals surface area contributed by atoms with Crippen molar-refractivity contribution < 1.29 is 38.7 Å². The Morgan fingerprint density at radius 3 is 1.17 bits per heavy atom. The summed E-state index contributed by atoms with van der Waals surface area (Å²) in [5.74, 6) is 2.14. The lowest BCUT2D eigenvalue weighted by Crippen LogP contribution is -2.21. The van der Waals surface area contributed by atoms with Crippen molar-refractivity contribution in [3.05, 3.63) is 72.4 Å². The van der Waals surface area contributed by atoms with Crippen molar-refractivity contribution >= 4 is 5.97 Å². The Hall–Kier alpha value is -4.61. The third-order valence-electron chi connectivity index (χ3n) is 16.1. The molecule has 1 aromatic heterocycles. The van der Waals surface area contributed by atoms with Gasteiger partial charge in [0.1, 0.15) is 29.9 Å². The summed E-state index contributed by atoms with van der Waals surface area (Å²) in [6.45, 7) is 8.12. The maximum atomic E-state index is 14.2. The summed E-state index contributed by atoms with van der Waals surface area (Å²) in [5.41, 5.74) is 2.61. The lowest BCUT2D eigenvalue weighted by atomic mass is 10.0. The van der Waals surface area contributed by atoms with Gasteiger partial charge in [-0.1, -0.05) is 276 Å². The largest absolute Gasteiger partial charge is 0.491 e. The maximum absolute atomic E-state index is 14.2. The number of benzene rings is 3. The van der Waals surface area contributed by atoms with E-state index in [0.29, 0.717) is 59.8 Å². The molecule has 3 aromatic carbocycles. The van der Waals surface area contributed by atoms with Crippen molar-refractivity contribution in [3.63, 3.8) is 0 Å². The number of hydrogen-bond acceptors (Lipinski definition) is 10. The summed E-state index contributed by atoms with van der Waals surface area (Å²) in [4.78, 5) is 14.2. The molecule has 2 N–H and O–H groups in total. The second-order valence-corrected chi connectivity index (χ2v) is 23.7. The van der Waals surface area contributed by atoms with Crippen LogP contribution < -0.4 is 23.7 Å². The molecule has 0 saturated carbocycles. The third-order valence-corrected chi connectivity index (χ3v) is 16.1. The first-order valence-electron chi connectivity index (χ1n) is 34.3. The zero-order valence-corrected chi connectivity index (χ0v) is 52.8. The highest BCUT2D eigenvalue weighted by Crippen LogP contribution is 2.40. The molecule has 11 nitrogen and oxygen atoms in total. The zero-order valence-electron chi connectivity index (χ0n) is 52.8. The van der Waals surface area contributed by atoms with Gasteiger partial charge in [0.2, 0.25) is 5.75 Å². The van der Waals surface area contributed by atoms with Crippen LogP contribution in [-0.2, 0) is 0 Å². The minimum Gasteiger partial charge on any atom is -0.491 e. The van der Waals surface area contributed by atoms with Crippen molar-refractivity contribution in [3.8, 4) is 45.7 Å². The van der Waals surface area contributed by atoms with Crippen molar-refractivity contribution in [2.45, 2.75) is 297 Å². The highest BCUT2D eigenvalue weighted by molar-refractivity contribution is 5.92. The standard InChI is InChI=1S/C72H117N3O8/c1-4-7-10-13-16-19-22-25-28-31-34-37-40-43-54-79-69-57-63(72(78)83-67-52-48-64(49-53-67)75-59-68(73-74-75)62-46-50-66(51-47-62)82-61-65(77)60-76)58-70(80-55-44-41-38-35-32-29-26-23-20-17-14-11-8-5-2)71(69)81-56-45-42-39-36-33-30-27-24-21-18-15-12-9-6-3/h46-53,57-59,65,76-77H,4-45,54-56,60-61H2,1-3H3. The van der Waals surface area contributed by atoms with Crippen LogP contribution in [-0.4, -0.2) is 70.3 Å². The molecule has 1 unspecified atom stereocenters. The van der Waals surface area contributed by atoms with Gasteiger partial charge in [-0.15, -0.1) is 5.10 Å². The Bertz CT molecular complexity index is 2090. The SMILES string of the molecule is CCCCCCCCCCCCCCCCOc1cc(C(=O)Oc2ccc(-n3cc(-c4ccc(OCC(O)CO)cc4)nn3)cc2)cc(OCCCCCCCCCCCCCCCC)c1OCCCCCCCCCCCCCCCC. The van der Waals surface area contributed by atoms with Crippen molar-refractivity contribution in [1.82, 2.24) is 15.0 Å². The van der Waals surface area contributed by atoms with Gasteiger partial charge in [0.15, 0.2) is 11.5 Å². The number of carbonyl (C=O) groups excluding carboxylic acids is 1. The van der Waals surface area contributed by atoms with Crippen LogP contribution in [0.3, 0.4) is 0 Å². The van der Waals surface area contributed by atoms with E-state index in [1.54, 1.807) is 41.1 Å². The first kappa shape index (κ1) is 70.9. The van der Waals surface area contributed by atoms with Gasteiger partial charge in [0.25, 0.3) is 0 Å². The Balaban J connectivity index is 1.38. The van der Waals surface area contributed by atoms with Crippen LogP contribution in [0.25, 0.3) is 16.9 Å². The fraction of sp³-hybridized carbons (Fsp3) is 0.708.